The number of nitrogens with zero attached hydrogens (tertiary/aromatic N) is 1. The minimum absolute atomic E-state index is 0. The fraction of sp³-hybridized carbons (Fsp3) is 0. The zero-order valence-corrected chi connectivity index (χ0v) is 9.08. The SMILES string of the molecule is O=CO.[H-].[Li+].c1ccc(-c2ccncc2)cc1. The molecule has 0 aliphatic heterocycles. The topological polar surface area (TPSA) is 50.2 Å². The van der Waals surface area contributed by atoms with Crippen LogP contribution in [0.2, 0.25) is 0 Å². The molecule has 2 aromatic rings. The first kappa shape index (κ1) is 14.4. The third-order valence-corrected chi connectivity index (χ3v) is 1.79. The first-order chi connectivity index (χ1) is 7.38. The maximum Gasteiger partial charge on any atom is 1.00 e. The van der Waals surface area contributed by atoms with Crippen molar-refractivity contribution in [3.63, 3.8) is 0 Å². The number of carbonyl (C=O) groups is 1. The third-order valence-electron chi connectivity index (χ3n) is 1.79. The summed E-state index contributed by atoms with van der Waals surface area (Å²) in [6.07, 6.45) is 3.62. The molecule has 0 bridgehead atoms. The van der Waals surface area contributed by atoms with Crippen LogP contribution in [0.3, 0.4) is 0 Å². The standard InChI is InChI=1S/C11H9N.CH2O2.Li.H/c1-2-4-10(5-3-1)11-6-8-12-9-7-11;2-1-3;;/h1-9H;1H,(H,2,3);;/q;;+1;-1. The molecule has 0 amide bonds. The molecule has 1 aromatic heterocycles. The number of hydrogen-bond acceptors (Lipinski definition) is 2. The van der Waals surface area contributed by atoms with Crippen LogP contribution < -0.4 is 18.9 Å². The van der Waals surface area contributed by atoms with E-state index in [-0.39, 0.29) is 26.8 Å². The molecular weight excluding hydrogens is 197 g/mol. The van der Waals surface area contributed by atoms with Crippen molar-refractivity contribution in [1.29, 1.82) is 0 Å². The van der Waals surface area contributed by atoms with Gasteiger partial charge in [0.15, 0.2) is 0 Å². The molecule has 0 atom stereocenters. The zero-order chi connectivity index (χ0) is 10.9. The molecule has 3 nitrogen and oxygen atoms in total. The summed E-state index contributed by atoms with van der Waals surface area (Å²) in [5, 5.41) is 6.89. The molecule has 78 valence electrons. The van der Waals surface area contributed by atoms with Crippen molar-refractivity contribution in [2.45, 2.75) is 0 Å². The number of rotatable bonds is 1. The van der Waals surface area contributed by atoms with Crippen LogP contribution in [0.15, 0.2) is 54.9 Å². The van der Waals surface area contributed by atoms with E-state index < -0.39 is 0 Å². The fourth-order valence-corrected chi connectivity index (χ4v) is 1.17. The fourth-order valence-electron chi connectivity index (χ4n) is 1.17. The smallest absolute Gasteiger partial charge is 1.00 e. The molecule has 0 aliphatic carbocycles. The summed E-state index contributed by atoms with van der Waals surface area (Å²) in [6.45, 7) is -0.250. The Morgan fingerprint density at radius 3 is 1.94 bits per heavy atom. The molecule has 0 aliphatic rings. The van der Waals surface area contributed by atoms with Crippen molar-refractivity contribution < 1.29 is 30.2 Å². The Hall–Kier alpha value is -1.56. The van der Waals surface area contributed by atoms with Crippen LogP contribution in [0.25, 0.3) is 11.1 Å². The second kappa shape index (κ2) is 8.72. The summed E-state index contributed by atoms with van der Waals surface area (Å²) in [7, 11) is 0. The van der Waals surface area contributed by atoms with Gasteiger partial charge in [-0.25, -0.2) is 0 Å². The van der Waals surface area contributed by atoms with Gasteiger partial charge in [-0.15, -0.1) is 0 Å². The Labute approximate surface area is 108 Å². The van der Waals surface area contributed by atoms with Gasteiger partial charge in [0, 0.05) is 12.4 Å². The molecule has 0 fully saturated rings. The second-order valence-electron chi connectivity index (χ2n) is 2.71. The molecule has 16 heavy (non-hydrogen) atoms. The molecule has 0 saturated heterocycles. The van der Waals surface area contributed by atoms with Gasteiger partial charge in [-0.3, -0.25) is 9.78 Å². The van der Waals surface area contributed by atoms with Crippen LogP contribution in [-0.4, -0.2) is 16.6 Å². The van der Waals surface area contributed by atoms with E-state index >= 15 is 0 Å². The molecule has 1 heterocycles. The maximum atomic E-state index is 8.36. The molecule has 1 N–H and O–H groups in total. The number of carboxylic acid groups (broad SMARTS) is 1. The van der Waals surface area contributed by atoms with Gasteiger partial charge in [0.05, 0.1) is 0 Å². The van der Waals surface area contributed by atoms with Crippen molar-refractivity contribution >= 4 is 6.47 Å². The Balaban J connectivity index is 0. The second-order valence-corrected chi connectivity index (χ2v) is 2.71. The summed E-state index contributed by atoms with van der Waals surface area (Å²) in [4.78, 5) is 12.3. The normalized spacial score (nSPS) is 8.00. The van der Waals surface area contributed by atoms with Crippen molar-refractivity contribution in [2.75, 3.05) is 0 Å². The van der Waals surface area contributed by atoms with Gasteiger partial charge in [0.25, 0.3) is 6.47 Å². The van der Waals surface area contributed by atoms with E-state index in [1.807, 2.05) is 42.7 Å². The summed E-state index contributed by atoms with van der Waals surface area (Å²) in [6, 6.07) is 14.3. The average molecular weight is 209 g/mol. The van der Waals surface area contributed by atoms with Gasteiger partial charge >= 0.3 is 18.9 Å². The third kappa shape index (κ3) is 4.79. The number of benzene rings is 1. The minimum Gasteiger partial charge on any atom is -1.00 e. The van der Waals surface area contributed by atoms with Crippen molar-refractivity contribution in [3.05, 3.63) is 54.9 Å². The van der Waals surface area contributed by atoms with E-state index in [1.165, 1.54) is 11.1 Å². The van der Waals surface area contributed by atoms with Gasteiger partial charge in [0.2, 0.25) is 0 Å². The van der Waals surface area contributed by atoms with Gasteiger partial charge in [-0.1, -0.05) is 30.3 Å². The predicted octanol–water partition coefficient (Wildman–Crippen LogP) is -0.434. The van der Waals surface area contributed by atoms with Crippen LogP contribution in [-0.2, 0) is 4.79 Å². The molecular formula is C12H12LiNO2. The van der Waals surface area contributed by atoms with E-state index in [9.17, 15) is 0 Å². The zero-order valence-electron chi connectivity index (χ0n) is 10.1. The Morgan fingerprint density at radius 1 is 1.00 bits per heavy atom. The van der Waals surface area contributed by atoms with E-state index in [4.69, 9.17) is 9.90 Å². The molecule has 2 rings (SSSR count). The van der Waals surface area contributed by atoms with E-state index in [1.54, 1.807) is 0 Å². The van der Waals surface area contributed by atoms with E-state index in [0.717, 1.165) is 0 Å². The van der Waals surface area contributed by atoms with E-state index in [2.05, 4.69) is 17.1 Å². The number of pyridine rings is 1. The summed E-state index contributed by atoms with van der Waals surface area (Å²) in [5.74, 6) is 0. The largest absolute Gasteiger partial charge is 1.00 e. The molecule has 0 unspecified atom stereocenters. The van der Waals surface area contributed by atoms with Crippen molar-refractivity contribution in [1.82, 2.24) is 4.98 Å². The molecule has 0 spiro atoms. The van der Waals surface area contributed by atoms with Crippen LogP contribution in [0.4, 0.5) is 0 Å². The first-order valence-corrected chi connectivity index (χ1v) is 4.41. The molecule has 1 aromatic carbocycles. The van der Waals surface area contributed by atoms with Crippen LogP contribution in [0.5, 0.6) is 0 Å². The summed E-state index contributed by atoms with van der Waals surface area (Å²) >= 11 is 0. The van der Waals surface area contributed by atoms with Crippen molar-refractivity contribution in [2.24, 2.45) is 0 Å². The van der Waals surface area contributed by atoms with Gasteiger partial charge < -0.3 is 6.53 Å². The minimum atomic E-state index is -0.250. The van der Waals surface area contributed by atoms with E-state index in [0.29, 0.717) is 0 Å². The summed E-state index contributed by atoms with van der Waals surface area (Å²) < 4.78 is 0. The molecule has 4 heteroatoms. The predicted molar refractivity (Wildman–Crippen MR) is 59.5 cm³/mol. The van der Waals surface area contributed by atoms with Crippen LogP contribution >= 0.6 is 0 Å². The Morgan fingerprint density at radius 2 is 1.44 bits per heavy atom. The average Bonchev–Trinajstić information content (AvgIpc) is 2.32. The number of aromatic nitrogens is 1. The number of hydrogen-bond donors (Lipinski definition) is 1. The van der Waals surface area contributed by atoms with Gasteiger partial charge in [-0.2, -0.15) is 0 Å². The van der Waals surface area contributed by atoms with Crippen molar-refractivity contribution in [3.8, 4) is 11.1 Å². The molecule has 0 saturated carbocycles. The first-order valence-electron chi connectivity index (χ1n) is 4.41. The van der Waals surface area contributed by atoms with Crippen LogP contribution in [0.1, 0.15) is 1.43 Å². The quantitative estimate of drug-likeness (QED) is 0.512. The van der Waals surface area contributed by atoms with Gasteiger partial charge in [0.1, 0.15) is 0 Å². The van der Waals surface area contributed by atoms with Crippen LogP contribution in [0, 0.1) is 0 Å². The molecule has 0 radical (unpaired) electrons. The Kier molecular flexibility index (Phi) is 7.87. The maximum absolute atomic E-state index is 8.36. The van der Waals surface area contributed by atoms with Gasteiger partial charge in [-0.05, 0) is 23.3 Å². The summed E-state index contributed by atoms with van der Waals surface area (Å²) in [5.41, 5.74) is 2.45. The monoisotopic (exact) mass is 209 g/mol. The Bertz CT molecular complexity index is 360.